The lowest BCUT2D eigenvalue weighted by Crippen LogP contribution is -2.13. The topological polar surface area (TPSA) is 64.6 Å². The summed E-state index contributed by atoms with van der Waals surface area (Å²) in [7, 11) is 2.47. The normalized spacial score (nSPS) is 10.0. The summed E-state index contributed by atoms with van der Waals surface area (Å²) < 4.78 is 22.2. The van der Waals surface area contributed by atoms with Crippen LogP contribution in [0.15, 0.2) is 29.6 Å². The first-order valence-corrected chi connectivity index (χ1v) is 6.75. The van der Waals surface area contributed by atoms with Crippen LogP contribution >= 0.6 is 11.3 Å². The Kier molecular flexibility index (Phi) is 4.54. The molecule has 110 valence electrons. The van der Waals surface area contributed by atoms with E-state index in [-0.39, 0.29) is 11.4 Å². The molecule has 0 fully saturated rings. The SMILES string of the molecule is COC(=O)Nc1scc(-c2ccc(F)cc2)c1C(=O)OC. The molecule has 2 rings (SSSR count). The summed E-state index contributed by atoms with van der Waals surface area (Å²) in [6, 6.07) is 5.68. The Morgan fingerprint density at radius 1 is 1.14 bits per heavy atom. The number of methoxy groups -OCH3 is 2. The van der Waals surface area contributed by atoms with E-state index in [2.05, 4.69) is 10.1 Å². The lowest BCUT2D eigenvalue weighted by Gasteiger charge is -2.07. The van der Waals surface area contributed by atoms with Crippen LogP contribution in [0.4, 0.5) is 14.2 Å². The van der Waals surface area contributed by atoms with Gasteiger partial charge in [0.05, 0.1) is 14.2 Å². The second kappa shape index (κ2) is 6.36. The fraction of sp³-hybridized carbons (Fsp3) is 0.143. The number of esters is 1. The number of carbonyl (C=O) groups excluding carboxylic acids is 2. The number of hydrogen-bond acceptors (Lipinski definition) is 5. The summed E-state index contributed by atoms with van der Waals surface area (Å²) in [4.78, 5) is 23.3. The van der Waals surface area contributed by atoms with Crippen LogP contribution in [0.5, 0.6) is 0 Å². The van der Waals surface area contributed by atoms with E-state index in [1.54, 1.807) is 17.5 Å². The summed E-state index contributed by atoms with van der Waals surface area (Å²) in [5.41, 5.74) is 1.41. The minimum atomic E-state index is -0.687. The van der Waals surface area contributed by atoms with Gasteiger partial charge in [0.25, 0.3) is 0 Å². The van der Waals surface area contributed by atoms with Gasteiger partial charge in [0, 0.05) is 10.9 Å². The molecule has 0 aliphatic heterocycles. The van der Waals surface area contributed by atoms with Gasteiger partial charge in [0.15, 0.2) is 0 Å². The molecule has 0 radical (unpaired) electrons. The molecule has 1 N–H and O–H groups in total. The lowest BCUT2D eigenvalue weighted by atomic mass is 10.0. The van der Waals surface area contributed by atoms with Crippen LogP contribution in [-0.2, 0) is 9.47 Å². The fourth-order valence-electron chi connectivity index (χ4n) is 1.74. The van der Waals surface area contributed by atoms with E-state index in [0.717, 1.165) is 11.3 Å². The number of rotatable bonds is 3. The smallest absolute Gasteiger partial charge is 0.411 e. The molecule has 0 aliphatic rings. The maximum atomic E-state index is 13.0. The highest BCUT2D eigenvalue weighted by molar-refractivity contribution is 7.15. The Hall–Kier alpha value is -2.41. The van der Waals surface area contributed by atoms with Crippen molar-refractivity contribution in [3.63, 3.8) is 0 Å². The van der Waals surface area contributed by atoms with Gasteiger partial charge >= 0.3 is 12.1 Å². The van der Waals surface area contributed by atoms with Crippen LogP contribution in [0.3, 0.4) is 0 Å². The summed E-state index contributed by atoms with van der Waals surface area (Å²) in [6.45, 7) is 0. The number of hydrogen-bond donors (Lipinski definition) is 1. The van der Waals surface area contributed by atoms with Gasteiger partial charge in [-0.2, -0.15) is 0 Å². The van der Waals surface area contributed by atoms with Crippen LogP contribution in [-0.4, -0.2) is 26.3 Å². The number of halogens is 1. The molecule has 0 aliphatic carbocycles. The van der Waals surface area contributed by atoms with Gasteiger partial charge in [-0.1, -0.05) is 12.1 Å². The predicted molar refractivity (Wildman–Crippen MR) is 77.1 cm³/mol. The summed E-state index contributed by atoms with van der Waals surface area (Å²) in [5, 5.41) is 4.46. The fourth-order valence-corrected chi connectivity index (χ4v) is 2.68. The van der Waals surface area contributed by atoms with Crippen molar-refractivity contribution in [2.24, 2.45) is 0 Å². The number of amides is 1. The van der Waals surface area contributed by atoms with E-state index < -0.39 is 12.1 Å². The molecular formula is C14H12FNO4S. The number of thiophene rings is 1. The first kappa shape index (κ1) is 15.0. The van der Waals surface area contributed by atoms with Crippen LogP contribution in [0.1, 0.15) is 10.4 Å². The number of benzene rings is 1. The minimum absolute atomic E-state index is 0.208. The van der Waals surface area contributed by atoms with Crippen molar-refractivity contribution in [1.82, 2.24) is 0 Å². The Balaban J connectivity index is 2.48. The van der Waals surface area contributed by atoms with Crippen LogP contribution in [0, 0.1) is 5.82 Å². The highest BCUT2D eigenvalue weighted by Gasteiger charge is 2.22. The molecule has 0 unspecified atom stereocenters. The summed E-state index contributed by atoms with van der Waals surface area (Å²) in [5.74, 6) is -0.969. The standard InChI is InChI=1S/C14H12FNO4S/c1-19-13(17)11-10(8-3-5-9(15)6-4-8)7-21-12(11)16-14(18)20-2/h3-7H,1-2H3,(H,16,18). The Morgan fingerprint density at radius 2 is 1.81 bits per heavy atom. The van der Waals surface area contributed by atoms with E-state index in [0.29, 0.717) is 16.1 Å². The number of anilines is 1. The first-order chi connectivity index (χ1) is 10.1. The van der Waals surface area contributed by atoms with E-state index in [1.165, 1.54) is 26.4 Å². The van der Waals surface area contributed by atoms with Gasteiger partial charge in [-0.3, -0.25) is 5.32 Å². The molecule has 21 heavy (non-hydrogen) atoms. The maximum Gasteiger partial charge on any atom is 0.411 e. The average Bonchev–Trinajstić information content (AvgIpc) is 2.90. The molecule has 2 aromatic rings. The molecule has 1 aromatic heterocycles. The molecule has 0 bridgehead atoms. The minimum Gasteiger partial charge on any atom is -0.465 e. The summed E-state index contributed by atoms with van der Waals surface area (Å²) in [6.07, 6.45) is -0.687. The molecule has 1 aromatic carbocycles. The maximum absolute atomic E-state index is 13.0. The molecule has 0 spiro atoms. The van der Waals surface area contributed by atoms with Crippen molar-refractivity contribution in [2.75, 3.05) is 19.5 Å². The zero-order valence-corrected chi connectivity index (χ0v) is 12.1. The van der Waals surface area contributed by atoms with Crippen molar-refractivity contribution in [1.29, 1.82) is 0 Å². The average molecular weight is 309 g/mol. The molecule has 1 amide bonds. The zero-order valence-electron chi connectivity index (χ0n) is 11.3. The second-order valence-corrected chi connectivity index (χ2v) is 4.85. The van der Waals surface area contributed by atoms with Gasteiger partial charge in [-0.15, -0.1) is 11.3 Å². The van der Waals surface area contributed by atoms with Crippen LogP contribution < -0.4 is 5.32 Å². The van der Waals surface area contributed by atoms with Crippen molar-refractivity contribution in [3.05, 3.63) is 41.0 Å². The molecule has 1 heterocycles. The predicted octanol–water partition coefficient (Wildman–Crippen LogP) is 3.52. The van der Waals surface area contributed by atoms with E-state index >= 15 is 0 Å². The van der Waals surface area contributed by atoms with Crippen molar-refractivity contribution >= 4 is 28.4 Å². The van der Waals surface area contributed by atoms with Crippen molar-refractivity contribution < 1.29 is 23.5 Å². The third kappa shape index (κ3) is 3.19. The highest BCUT2D eigenvalue weighted by atomic mass is 32.1. The third-order valence-electron chi connectivity index (χ3n) is 2.74. The molecule has 0 saturated carbocycles. The zero-order chi connectivity index (χ0) is 15.4. The number of carbonyl (C=O) groups is 2. The van der Waals surface area contributed by atoms with Crippen LogP contribution in [0.25, 0.3) is 11.1 Å². The quantitative estimate of drug-likeness (QED) is 0.881. The number of nitrogens with one attached hydrogen (secondary N) is 1. The van der Waals surface area contributed by atoms with Gasteiger partial charge in [0.2, 0.25) is 0 Å². The second-order valence-electron chi connectivity index (χ2n) is 3.97. The molecule has 0 atom stereocenters. The molecular weight excluding hydrogens is 297 g/mol. The Labute approximate surface area is 124 Å². The van der Waals surface area contributed by atoms with Gasteiger partial charge < -0.3 is 9.47 Å². The lowest BCUT2D eigenvalue weighted by molar-refractivity contribution is 0.0603. The van der Waals surface area contributed by atoms with Gasteiger partial charge in [-0.25, -0.2) is 14.0 Å². The van der Waals surface area contributed by atoms with Crippen molar-refractivity contribution in [3.8, 4) is 11.1 Å². The third-order valence-corrected chi connectivity index (χ3v) is 3.63. The van der Waals surface area contributed by atoms with E-state index in [1.807, 2.05) is 0 Å². The van der Waals surface area contributed by atoms with Crippen LogP contribution in [0.2, 0.25) is 0 Å². The summed E-state index contributed by atoms with van der Waals surface area (Å²) >= 11 is 1.16. The molecule has 0 saturated heterocycles. The number of ether oxygens (including phenoxy) is 2. The van der Waals surface area contributed by atoms with E-state index in [9.17, 15) is 14.0 Å². The monoisotopic (exact) mass is 309 g/mol. The van der Waals surface area contributed by atoms with Gasteiger partial charge in [-0.05, 0) is 17.7 Å². The largest absolute Gasteiger partial charge is 0.465 e. The van der Waals surface area contributed by atoms with Gasteiger partial charge in [0.1, 0.15) is 16.4 Å². The van der Waals surface area contributed by atoms with Crippen molar-refractivity contribution in [2.45, 2.75) is 0 Å². The highest BCUT2D eigenvalue weighted by Crippen LogP contribution is 2.36. The Morgan fingerprint density at radius 3 is 2.38 bits per heavy atom. The molecule has 7 heteroatoms. The molecule has 5 nitrogen and oxygen atoms in total. The van der Waals surface area contributed by atoms with E-state index in [4.69, 9.17) is 4.74 Å². The Bertz CT molecular complexity index is 666. The first-order valence-electron chi connectivity index (χ1n) is 5.87.